The average molecular weight is 267 g/mol. The molecule has 4 nitrogen and oxygen atoms in total. The van der Waals surface area contributed by atoms with E-state index in [4.69, 9.17) is 4.74 Å². The van der Waals surface area contributed by atoms with Gasteiger partial charge in [-0.3, -0.25) is 5.32 Å². The predicted molar refractivity (Wildman–Crippen MR) is 79.0 cm³/mol. The van der Waals surface area contributed by atoms with Gasteiger partial charge in [-0.1, -0.05) is 25.5 Å². The summed E-state index contributed by atoms with van der Waals surface area (Å²) in [5.74, 6) is 1.89. The number of piperidine rings is 1. The van der Waals surface area contributed by atoms with Crippen LogP contribution in [0.4, 0.5) is 0 Å². The second kappa shape index (κ2) is 6.84. The minimum atomic E-state index is 0.360. The first-order valence-corrected chi connectivity index (χ1v) is 7.50. The standard InChI is InChI=1S/C15H29N3O/c1-10(2)5-11(7-16-3)14-9-18-15-13(14)6-12(19-4)8-17-15/h5,10,12-18H,6-9H2,1-4H3/b11-5+. The normalized spacial score (nSPS) is 35.7. The van der Waals surface area contributed by atoms with E-state index >= 15 is 0 Å². The topological polar surface area (TPSA) is 45.3 Å². The Balaban J connectivity index is 2.09. The molecule has 4 unspecified atom stereocenters. The Morgan fingerprint density at radius 3 is 2.74 bits per heavy atom. The van der Waals surface area contributed by atoms with Crippen LogP contribution in [0.15, 0.2) is 11.6 Å². The van der Waals surface area contributed by atoms with Gasteiger partial charge in [0.25, 0.3) is 0 Å². The fraction of sp³-hybridized carbons (Fsp3) is 0.867. The molecule has 2 aliphatic heterocycles. The summed E-state index contributed by atoms with van der Waals surface area (Å²) in [7, 11) is 3.85. The lowest BCUT2D eigenvalue weighted by Gasteiger charge is -2.35. The Hall–Kier alpha value is -0.420. The predicted octanol–water partition coefficient (Wildman–Crippen LogP) is 0.958. The van der Waals surface area contributed by atoms with Crippen LogP contribution in [0.1, 0.15) is 20.3 Å². The van der Waals surface area contributed by atoms with E-state index in [9.17, 15) is 0 Å². The molecule has 2 rings (SSSR count). The lowest BCUT2D eigenvalue weighted by molar-refractivity contribution is 0.0438. The van der Waals surface area contributed by atoms with Gasteiger partial charge in [0.05, 0.1) is 12.3 Å². The molecule has 110 valence electrons. The van der Waals surface area contributed by atoms with Crippen molar-refractivity contribution in [3.05, 3.63) is 11.6 Å². The van der Waals surface area contributed by atoms with Crippen LogP contribution in [-0.2, 0) is 4.74 Å². The summed E-state index contributed by atoms with van der Waals surface area (Å²) in [4.78, 5) is 0. The van der Waals surface area contributed by atoms with E-state index in [2.05, 4.69) is 35.9 Å². The van der Waals surface area contributed by atoms with Crippen LogP contribution in [0, 0.1) is 17.8 Å². The summed E-state index contributed by atoms with van der Waals surface area (Å²) in [5.41, 5.74) is 1.55. The molecule has 2 heterocycles. The van der Waals surface area contributed by atoms with Gasteiger partial charge in [0.15, 0.2) is 0 Å². The van der Waals surface area contributed by atoms with E-state index < -0.39 is 0 Å². The van der Waals surface area contributed by atoms with Gasteiger partial charge in [-0.05, 0) is 31.2 Å². The minimum absolute atomic E-state index is 0.360. The monoisotopic (exact) mass is 267 g/mol. The molecule has 0 saturated carbocycles. The van der Waals surface area contributed by atoms with Crippen LogP contribution in [0.3, 0.4) is 0 Å². The van der Waals surface area contributed by atoms with Gasteiger partial charge in [0.2, 0.25) is 0 Å². The highest BCUT2D eigenvalue weighted by Crippen LogP contribution is 2.34. The number of rotatable bonds is 5. The first kappa shape index (κ1) is 15.0. The van der Waals surface area contributed by atoms with Crippen molar-refractivity contribution in [1.29, 1.82) is 0 Å². The van der Waals surface area contributed by atoms with Crippen LogP contribution >= 0.6 is 0 Å². The van der Waals surface area contributed by atoms with Gasteiger partial charge in [-0.2, -0.15) is 0 Å². The van der Waals surface area contributed by atoms with Crippen molar-refractivity contribution < 1.29 is 4.74 Å². The summed E-state index contributed by atoms with van der Waals surface area (Å²) >= 11 is 0. The molecule has 19 heavy (non-hydrogen) atoms. The molecule has 0 aliphatic carbocycles. The highest BCUT2D eigenvalue weighted by molar-refractivity contribution is 5.16. The van der Waals surface area contributed by atoms with Crippen molar-refractivity contribution in [2.75, 3.05) is 33.8 Å². The SMILES string of the molecule is CNC/C(=C\C(C)C)C1CNC2NCC(OC)CC21. The average Bonchev–Trinajstić information content (AvgIpc) is 2.80. The van der Waals surface area contributed by atoms with Crippen LogP contribution < -0.4 is 16.0 Å². The molecule has 3 N–H and O–H groups in total. The van der Waals surface area contributed by atoms with E-state index in [1.54, 1.807) is 5.57 Å². The van der Waals surface area contributed by atoms with Crippen molar-refractivity contribution in [3.63, 3.8) is 0 Å². The highest BCUT2D eigenvalue weighted by atomic mass is 16.5. The van der Waals surface area contributed by atoms with Crippen LogP contribution in [-0.4, -0.2) is 46.1 Å². The second-order valence-electron chi connectivity index (χ2n) is 6.17. The molecule has 0 aromatic rings. The number of likely N-dealkylation sites (N-methyl/N-ethyl adjacent to an activating group) is 1. The molecule has 2 fully saturated rings. The number of fused-ring (bicyclic) bond motifs is 1. The number of ether oxygens (including phenoxy) is 1. The Kier molecular flexibility index (Phi) is 5.39. The first-order chi connectivity index (χ1) is 9.15. The van der Waals surface area contributed by atoms with E-state index in [0.29, 0.717) is 30.0 Å². The fourth-order valence-corrected chi connectivity index (χ4v) is 3.49. The van der Waals surface area contributed by atoms with Gasteiger partial charge >= 0.3 is 0 Å². The molecule has 4 atom stereocenters. The Morgan fingerprint density at radius 2 is 2.11 bits per heavy atom. The van der Waals surface area contributed by atoms with Crippen LogP contribution in [0.25, 0.3) is 0 Å². The zero-order valence-electron chi connectivity index (χ0n) is 12.7. The second-order valence-corrected chi connectivity index (χ2v) is 6.17. The molecular weight excluding hydrogens is 238 g/mol. The third kappa shape index (κ3) is 3.57. The summed E-state index contributed by atoms with van der Waals surface area (Å²) < 4.78 is 5.54. The van der Waals surface area contributed by atoms with Gasteiger partial charge < -0.3 is 15.4 Å². The van der Waals surface area contributed by atoms with Crippen molar-refractivity contribution in [2.24, 2.45) is 17.8 Å². The maximum absolute atomic E-state index is 5.54. The van der Waals surface area contributed by atoms with Crippen molar-refractivity contribution in [2.45, 2.75) is 32.5 Å². The molecular formula is C15H29N3O. The molecule has 0 bridgehead atoms. The summed E-state index contributed by atoms with van der Waals surface area (Å²) in [6.07, 6.45) is 4.41. The molecule has 0 aromatic carbocycles. The number of methoxy groups -OCH3 is 1. The van der Waals surface area contributed by atoms with E-state index in [1.165, 1.54) is 0 Å². The molecule has 2 aliphatic rings. The fourth-order valence-electron chi connectivity index (χ4n) is 3.49. The molecule has 4 heteroatoms. The lowest BCUT2D eigenvalue weighted by atomic mass is 9.80. The Labute approximate surface area is 117 Å². The van der Waals surface area contributed by atoms with Crippen molar-refractivity contribution in [3.8, 4) is 0 Å². The third-order valence-electron chi connectivity index (χ3n) is 4.34. The summed E-state index contributed by atoms with van der Waals surface area (Å²) in [6, 6.07) is 0. The Morgan fingerprint density at radius 1 is 1.37 bits per heavy atom. The third-order valence-corrected chi connectivity index (χ3v) is 4.34. The van der Waals surface area contributed by atoms with E-state index in [1.807, 2.05) is 14.2 Å². The Bertz CT molecular complexity index is 317. The van der Waals surface area contributed by atoms with Gasteiger partial charge in [-0.25, -0.2) is 0 Å². The molecule has 0 amide bonds. The minimum Gasteiger partial charge on any atom is -0.380 e. The van der Waals surface area contributed by atoms with Gasteiger partial charge in [0.1, 0.15) is 0 Å². The number of hydrogen-bond donors (Lipinski definition) is 3. The smallest absolute Gasteiger partial charge is 0.0700 e. The van der Waals surface area contributed by atoms with Crippen LogP contribution in [0.5, 0.6) is 0 Å². The number of nitrogens with one attached hydrogen (secondary N) is 3. The molecule has 2 saturated heterocycles. The van der Waals surface area contributed by atoms with E-state index in [0.717, 1.165) is 26.1 Å². The molecule has 0 aromatic heterocycles. The van der Waals surface area contributed by atoms with Gasteiger partial charge in [-0.15, -0.1) is 0 Å². The van der Waals surface area contributed by atoms with E-state index in [-0.39, 0.29) is 0 Å². The van der Waals surface area contributed by atoms with Crippen molar-refractivity contribution >= 4 is 0 Å². The lowest BCUT2D eigenvalue weighted by Crippen LogP contribution is -2.51. The van der Waals surface area contributed by atoms with Crippen LogP contribution in [0.2, 0.25) is 0 Å². The number of hydrogen-bond acceptors (Lipinski definition) is 4. The zero-order chi connectivity index (χ0) is 13.8. The van der Waals surface area contributed by atoms with Crippen molar-refractivity contribution in [1.82, 2.24) is 16.0 Å². The molecule has 0 radical (unpaired) electrons. The highest BCUT2D eigenvalue weighted by Gasteiger charge is 2.41. The largest absolute Gasteiger partial charge is 0.380 e. The van der Waals surface area contributed by atoms with Gasteiger partial charge in [0, 0.05) is 26.7 Å². The first-order valence-electron chi connectivity index (χ1n) is 7.50. The maximum Gasteiger partial charge on any atom is 0.0700 e. The number of allylic oxidation sites excluding steroid dienone is 1. The maximum atomic E-state index is 5.54. The zero-order valence-corrected chi connectivity index (χ0v) is 12.7. The summed E-state index contributed by atoms with van der Waals surface area (Å²) in [6.45, 7) is 7.55. The summed E-state index contributed by atoms with van der Waals surface area (Å²) in [5, 5.41) is 10.5. The quantitative estimate of drug-likeness (QED) is 0.649. The molecule has 0 spiro atoms.